The number of esters is 1. The molecule has 0 aromatic heterocycles. The molecule has 1 unspecified atom stereocenters. The second-order valence-corrected chi connectivity index (χ2v) is 5.03. The van der Waals surface area contributed by atoms with Gasteiger partial charge in [0.25, 0.3) is 0 Å². The van der Waals surface area contributed by atoms with Crippen molar-refractivity contribution < 1.29 is 31.0 Å². The summed E-state index contributed by atoms with van der Waals surface area (Å²) in [6.45, 7) is 1.09. The molecule has 1 aliphatic heterocycles. The Morgan fingerprint density at radius 1 is 1.58 bits per heavy atom. The molecular weight excluding hydrogens is 269 g/mol. The summed E-state index contributed by atoms with van der Waals surface area (Å²) in [4.78, 5) is 13.5. The molecule has 0 amide bonds. The van der Waals surface area contributed by atoms with Crippen molar-refractivity contribution in [1.82, 2.24) is 3.11 Å². The third kappa shape index (κ3) is 2.32. The van der Waals surface area contributed by atoms with Crippen molar-refractivity contribution in [3.05, 3.63) is 0 Å². The number of halogens is 1. The molecule has 1 aliphatic rings. The molecule has 1 rings (SSSR count). The van der Waals surface area contributed by atoms with E-state index in [0.29, 0.717) is 0 Å². The third-order valence-electron chi connectivity index (χ3n) is 2.13. The van der Waals surface area contributed by atoms with E-state index in [2.05, 4.69) is 8.04 Å². The fourth-order valence-electron chi connectivity index (χ4n) is 1.47. The van der Waals surface area contributed by atoms with Crippen LogP contribution in [0.25, 0.3) is 0 Å². The first-order valence-corrected chi connectivity index (χ1v) is 7.26. The van der Waals surface area contributed by atoms with Gasteiger partial charge in [0, 0.05) is 0 Å². The molecule has 72 valence electrons. The molecule has 1 heterocycles. The van der Waals surface area contributed by atoms with Crippen molar-refractivity contribution >= 4 is 5.97 Å². The minimum atomic E-state index is -0.0451. The van der Waals surface area contributed by atoms with Crippen LogP contribution in [-0.2, 0) is 9.53 Å². The average Bonchev–Trinajstić information content (AvgIpc) is 2.16. The topological polar surface area (TPSA) is 29.5 Å². The molecule has 0 N–H and O–H groups in total. The van der Waals surface area contributed by atoms with E-state index in [9.17, 15) is 4.79 Å². The number of nitrogens with zero attached hydrogens (tertiary/aromatic N) is 1. The van der Waals surface area contributed by atoms with Crippen LogP contribution < -0.4 is 21.5 Å². The maximum absolute atomic E-state index is 11.3. The zero-order valence-corrected chi connectivity index (χ0v) is 9.70. The van der Waals surface area contributed by atoms with E-state index in [4.69, 9.17) is 4.74 Å². The summed E-state index contributed by atoms with van der Waals surface area (Å²) in [5, 5.41) is 0. The number of methoxy groups -OCH3 is 1. The first kappa shape index (κ1) is 10.2. The van der Waals surface area contributed by atoms with Gasteiger partial charge in [-0.2, -0.15) is 0 Å². The second kappa shape index (κ2) is 5.01. The molecule has 12 heavy (non-hydrogen) atoms. The summed E-state index contributed by atoms with van der Waals surface area (Å²) >= 11 is 0.0389. The normalized spacial score (nSPS) is 25.7. The first-order valence-electron chi connectivity index (χ1n) is 4.13. The van der Waals surface area contributed by atoms with Gasteiger partial charge in [-0.1, -0.05) is 0 Å². The predicted molar refractivity (Wildman–Crippen MR) is 42.3 cm³/mol. The molecule has 0 bridgehead atoms. The molecule has 0 aromatic rings. The molecule has 3 nitrogen and oxygen atoms in total. The van der Waals surface area contributed by atoms with Crippen LogP contribution >= 0.6 is 0 Å². The van der Waals surface area contributed by atoms with E-state index in [1.807, 2.05) is 0 Å². The van der Waals surface area contributed by atoms with Crippen LogP contribution in [-0.4, -0.2) is 33.7 Å². The van der Waals surface area contributed by atoms with Crippen LogP contribution in [0, 0.1) is 0 Å². The summed E-state index contributed by atoms with van der Waals surface area (Å²) in [5.41, 5.74) is 0. The number of carbonyl (C=O) groups excluding carboxylic acids is 1. The van der Waals surface area contributed by atoms with E-state index < -0.39 is 0 Å². The van der Waals surface area contributed by atoms with Gasteiger partial charge >= 0.3 is 84.0 Å². The van der Waals surface area contributed by atoms with Gasteiger partial charge in [0.15, 0.2) is 0 Å². The van der Waals surface area contributed by atoms with Gasteiger partial charge in [-0.15, -0.1) is 0 Å². The Morgan fingerprint density at radius 2 is 2.33 bits per heavy atom. The average molecular weight is 284 g/mol. The predicted octanol–water partition coefficient (Wildman–Crippen LogP) is -2.35. The second-order valence-electron chi connectivity index (χ2n) is 2.83. The van der Waals surface area contributed by atoms with E-state index >= 15 is 0 Å². The van der Waals surface area contributed by atoms with Crippen molar-refractivity contribution in [2.75, 3.05) is 18.6 Å². The molecule has 0 spiro atoms. The van der Waals surface area contributed by atoms with Gasteiger partial charge in [0.1, 0.15) is 0 Å². The molecule has 1 fully saturated rings. The van der Waals surface area contributed by atoms with Crippen LogP contribution in [0.3, 0.4) is 0 Å². The fraction of sp³-hybridized carbons (Fsp3) is 0.875. The monoisotopic (exact) mass is 284 g/mol. The molecule has 0 saturated carbocycles. The maximum atomic E-state index is 11.3. The number of carbonyl (C=O) groups is 1. The summed E-state index contributed by atoms with van der Waals surface area (Å²) in [6, 6.07) is 0.0709. The van der Waals surface area contributed by atoms with E-state index in [0.717, 1.165) is 13.0 Å². The SMILES string of the molecule is COC(=O)C1CCCCN1[I-]C. The quantitative estimate of drug-likeness (QED) is 0.246. The van der Waals surface area contributed by atoms with Crippen LogP contribution in [0.4, 0.5) is 0 Å². The Kier molecular flexibility index (Phi) is 4.28. The Labute approximate surface area is 84.1 Å². The number of alkyl halides is 1. The zero-order chi connectivity index (χ0) is 8.97. The summed E-state index contributed by atoms with van der Waals surface area (Å²) in [7, 11) is 1.48. The first-order chi connectivity index (χ1) is 5.79. The Bertz CT molecular complexity index is 163. The Balaban J connectivity index is 2.52. The van der Waals surface area contributed by atoms with E-state index in [1.54, 1.807) is 0 Å². The standard InChI is InChI=1S/C8H15INO2/c1-9-10-6-4-3-5-7(10)8(11)12-2/h7H,3-6H2,1-2H3/q-1. The van der Waals surface area contributed by atoms with Gasteiger partial charge in [-0.05, 0) is 0 Å². The molecule has 1 saturated heterocycles. The third-order valence-corrected chi connectivity index (χ3v) is 4.52. The van der Waals surface area contributed by atoms with Crippen LogP contribution in [0.5, 0.6) is 0 Å². The number of hydrogen-bond acceptors (Lipinski definition) is 3. The molecule has 0 aliphatic carbocycles. The van der Waals surface area contributed by atoms with E-state index in [-0.39, 0.29) is 33.5 Å². The van der Waals surface area contributed by atoms with Crippen LogP contribution in [0.2, 0.25) is 0 Å². The zero-order valence-electron chi connectivity index (χ0n) is 7.55. The van der Waals surface area contributed by atoms with Crippen LogP contribution in [0.1, 0.15) is 19.3 Å². The summed E-state index contributed by atoms with van der Waals surface area (Å²) < 4.78 is 7.06. The Morgan fingerprint density at radius 3 is 2.92 bits per heavy atom. The molecule has 0 aromatic carbocycles. The van der Waals surface area contributed by atoms with Crippen molar-refractivity contribution in [3.8, 4) is 0 Å². The number of piperidine rings is 1. The van der Waals surface area contributed by atoms with Gasteiger partial charge in [-0.3, -0.25) is 0 Å². The van der Waals surface area contributed by atoms with Gasteiger partial charge in [0.2, 0.25) is 0 Å². The fourth-order valence-corrected chi connectivity index (χ4v) is 3.47. The number of ether oxygens (including phenoxy) is 1. The van der Waals surface area contributed by atoms with Gasteiger partial charge in [0.05, 0.1) is 0 Å². The molecular formula is C8H15INO2-. The van der Waals surface area contributed by atoms with Gasteiger partial charge < -0.3 is 0 Å². The van der Waals surface area contributed by atoms with E-state index in [1.165, 1.54) is 20.0 Å². The van der Waals surface area contributed by atoms with Crippen molar-refractivity contribution in [2.45, 2.75) is 25.3 Å². The Hall–Kier alpha value is 0.160. The van der Waals surface area contributed by atoms with Crippen molar-refractivity contribution in [1.29, 1.82) is 0 Å². The van der Waals surface area contributed by atoms with Crippen molar-refractivity contribution in [3.63, 3.8) is 0 Å². The van der Waals surface area contributed by atoms with Gasteiger partial charge in [-0.25, -0.2) is 0 Å². The molecule has 0 radical (unpaired) electrons. The number of hydrogen-bond donors (Lipinski definition) is 0. The van der Waals surface area contributed by atoms with Crippen LogP contribution in [0.15, 0.2) is 0 Å². The molecule has 1 atom stereocenters. The van der Waals surface area contributed by atoms with Crippen molar-refractivity contribution in [2.24, 2.45) is 0 Å². The molecule has 4 heteroatoms. The minimum absolute atomic E-state index is 0.0389. The summed E-state index contributed by atoms with van der Waals surface area (Å²) in [5.74, 6) is -0.0451. The summed E-state index contributed by atoms with van der Waals surface area (Å²) in [6.07, 6.45) is 3.39. The number of rotatable bonds is 2.